The molecule has 0 amide bonds. The molecule has 0 aliphatic carbocycles. The first-order chi connectivity index (χ1) is 8.98. The predicted octanol–water partition coefficient (Wildman–Crippen LogP) is 3.10. The van der Waals surface area contributed by atoms with Gasteiger partial charge in [0.1, 0.15) is 5.54 Å². The van der Waals surface area contributed by atoms with Crippen LogP contribution in [0.4, 0.5) is 0 Å². The molecule has 1 aromatic rings. The third kappa shape index (κ3) is 3.16. The van der Waals surface area contributed by atoms with Gasteiger partial charge in [0, 0.05) is 6.04 Å². The fraction of sp³-hybridized carbons (Fsp3) is 0.562. The van der Waals surface area contributed by atoms with E-state index in [9.17, 15) is 4.79 Å². The van der Waals surface area contributed by atoms with E-state index in [0.29, 0.717) is 0 Å². The summed E-state index contributed by atoms with van der Waals surface area (Å²) < 4.78 is 5.08. The van der Waals surface area contributed by atoms with Gasteiger partial charge < -0.3 is 4.74 Å². The predicted molar refractivity (Wildman–Crippen MR) is 77.9 cm³/mol. The summed E-state index contributed by atoms with van der Waals surface area (Å²) in [5.74, 6) is -0.134. The van der Waals surface area contributed by atoms with Crippen LogP contribution in [-0.4, -0.2) is 19.1 Å². The Kier molecular flexibility index (Phi) is 5.55. The zero-order valence-corrected chi connectivity index (χ0v) is 12.6. The molecule has 2 unspecified atom stereocenters. The Hall–Kier alpha value is -1.35. The third-order valence-electron chi connectivity index (χ3n) is 3.69. The van der Waals surface area contributed by atoms with E-state index in [-0.39, 0.29) is 17.9 Å². The molecule has 1 rings (SSSR count). The van der Waals surface area contributed by atoms with Crippen LogP contribution in [0.25, 0.3) is 0 Å². The second kappa shape index (κ2) is 6.71. The Morgan fingerprint density at radius 3 is 2.26 bits per heavy atom. The summed E-state index contributed by atoms with van der Waals surface area (Å²) in [6, 6.07) is 10.1. The van der Waals surface area contributed by atoms with Crippen molar-refractivity contribution in [1.29, 1.82) is 0 Å². The maximum absolute atomic E-state index is 12.4. The molecular formula is C16H25NO2. The Balaban J connectivity index is 3.32. The van der Waals surface area contributed by atoms with Crippen LogP contribution in [-0.2, 0) is 15.1 Å². The molecule has 1 aromatic carbocycles. The second-order valence-corrected chi connectivity index (χ2v) is 5.27. The summed E-state index contributed by atoms with van der Waals surface area (Å²) in [6.45, 7) is 8.27. The molecule has 0 fully saturated rings. The first-order valence-corrected chi connectivity index (χ1v) is 6.90. The lowest BCUT2D eigenvalue weighted by Gasteiger charge is -2.38. The van der Waals surface area contributed by atoms with Gasteiger partial charge in [-0.15, -0.1) is 0 Å². The summed E-state index contributed by atoms with van der Waals surface area (Å²) in [7, 11) is 1.45. The average molecular weight is 263 g/mol. The summed E-state index contributed by atoms with van der Waals surface area (Å²) in [5, 5.41) is 3.47. The lowest BCUT2D eigenvalue weighted by molar-refractivity contribution is -0.152. The van der Waals surface area contributed by atoms with Crippen LogP contribution in [0.1, 0.15) is 39.7 Å². The normalized spacial score (nSPS) is 15.9. The largest absolute Gasteiger partial charge is 0.467 e. The van der Waals surface area contributed by atoms with Crippen molar-refractivity contribution in [2.45, 2.75) is 45.7 Å². The van der Waals surface area contributed by atoms with Gasteiger partial charge in [0.2, 0.25) is 0 Å². The fourth-order valence-corrected chi connectivity index (χ4v) is 2.35. The highest BCUT2D eigenvalue weighted by Gasteiger charge is 2.44. The van der Waals surface area contributed by atoms with Gasteiger partial charge >= 0.3 is 5.97 Å². The first kappa shape index (κ1) is 15.7. The summed E-state index contributed by atoms with van der Waals surface area (Å²) in [6.07, 6.45) is 0.957. The van der Waals surface area contributed by atoms with Gasteiger partial charge in [-0.3, -0.25) is 5.32 Å². The van der Waals surface area contributed by atoms with E-state index in [4.69, 9.17) is 4.74 Å². The van der Waals surface area contributed by atoms with Crippen molar-refractivity contribution in [2.75, 3.05) is 7.11 Å². The quantitative estimate of drug-likeness (QED) is 0.801. The molecule has 3 heteroatoms. The van der Waals surface area contributed by atoms with Gasteiger partial charge in [0.15, 0.2) is 0 Å². The molecule has 2 atom stereocenters. The number of hydrogen-bond donors (Lipinski definition) is 1. The second-order valence-electron chi connectivity index (χ2n) is 5.27. The van der Waals surface area contributed by atoms with E-state index < -0.39 is 5.54 Å². The van der Waals surface area contributed by atoms with Crippen molar-refractivity contribution in [3.05, 3.63) is 35.9 Å². The van der Waals surface area contributed by atoms with Crippen molar-refractivity contribution >= 4 is 5.97 Å². The van der Waals surface area contributed by atoms with Gasteiger partial charge in [-0.2, -0.15) is 0 Å². The van der Waals surface area contributed by atoms with Crippen molar-refractivity contribution in [3.8, 4) is 0 Å². The van der Waals surface area contributed by atoms with Crippen LogP contribution in [0, 0.1) is 5.92 Å². The van der Waals surface area contributed by atoms with Gasteiger partial charge in [-0.1, -0.05) is 51.1 Å². The number of nitrogens with one attached hydrogen (secondary N) is 1. The standard InChI is InChI=1S/C16H25NO2/c1-6-13(4)17-16(12(2)3,15(18)19-5)14-10-8-7-9-11-14/h7-13,17H,6H2,1-5H3. The third-order valence-corrected chi connectivity index (χ3v) is 3.69. The number of methoxy groups -OCH3 is 1. The van der Waals surface area contributed by atoms with E-state index >= 15 is 0 Å². The van der Waals surface area contributed by atoms with Gasteiger partial charge in [-0.25, -0.2) is 4.79 Å². The molecule has 0 spiro atoms. The number of ether oxygens (including phenoxy) is 1. The van der Waals surface area contributed by atoms with Crippen molar-refractivity contribution in [2.24, 2.45) is 5.92 Å². The lowest BCUT2D eigenvalue weighted by atomic mass is 9.79. The number of hydrogen-bond acceptors (Lipinski definition) is 3. The molecule has 0 heterocycles. The first-order valence-electron chi connectivity index (χ1n) is 6.90. The van der Waals surface area contributed by atoms with Crippen LogP contribution >= 0.6 is 0 Å². The number of benzene rings is 1. The molecule has 0 aliphatic rings. The molecule has 19 heavy (non-hydrogen) atoms. The maximum atomic E-state index is 12.4. The van der Waals surface area contributed by atoms with Crippen molar-refractivity contribution in [3.63, 3.8) is 0 Å². The van der Waals surface area contributed by atoms with E-state index in [1.54, 1.807) is 0 Å². The highest BCUT2D eigenvalue weighted by molar-refractivity contribution is 5.83. The molecule has 0 bridgehead atoms. The zero-order valence-electron chi connectivity index (χ0n) is 12.6. The Labute approximate surface area is 116 Å². The van der Waals surface area contributed by atoms with E-state index in [1.807, 2.05) is 44.2 Å². The van der Waals surface area contributed by atoms with Crippen LogP contribution in [0.2, 0.25) is 0 Å². The Morgan fingerprint density at radius 1 is 1.26 bits per heavy atom. The molecule has 0 saturated heterocycles. The molecule has 1 N–H and O–H groups in total. The zero-order chi connectivity index (χ0) is 14.5. The molecular weight excluding hydrogens is 238 g/mol. The molecule has 0 aromatic heterocycles. The average Bonchev–Trinajstić information content (AvgIpc) is 2.44. The van der Waals surface area contributed by atoms with Gasteiger partial charge in [0.25, 0.3) is 0 Å². The SMILES string of the molecule is CCC(C)NC(C(=O)OC)(c1ccccc1)C(C)C. The smallest absolute Gasteiger partial charge is 0.331 e. The van der Waals surface area contributed by atoms with Crippen molar-refractivity contribution < 1.29 is 9.53 Å². The van der Waals surface area contributed by atoms with Gasteiger partial charge in [0.05, 0.1) is 7.11 Å². The van der Waals surface area contributed by atoms with E-state index in [0.717, 1.165) is 12.0 Å². The lowest BCUT2D eigenvalue weighted by Crippen LogP contribution is -2.56. The summed E-state index contributed by atoms with van der Waals surface area (Å²) >= 11 is 0. The molecule has 106 valence electrons. The minimum atomic E-state index is -0.786. The number of rotatable bonds is 6. The molecule has 0 radical (unpaired) electrons. The van der Waals surface area contributed by atoms with Crippen LogP contribution in [0.15, 0.2) is 30.3 Å². The van der Waals surface area contributed by atoms with Gasteiger partial charge in [-0.05, 0) is 24.8 Å². The highest BCUT2D eigenvalue weighted by Crippen LogP contribution is 2.32. The van der Waals surface area contributed by atoms with Crippen molar-refractivity contribution in [1.82, 2.24) is 5.32 Å². The molecule has 0 saturated carbocycles. The topological polar surface area (TPSA) is 38.3 Å². The Bertz CT molecular complexity index is 402. The number of esters is 1. The maximum Gasteiger partial charge on any atom is 0.331 e. The summed E-state index contributed by atoms with van der Waals surface area (Å²) in [5.41, 5.74) is 0.169. The van der Waals surface area contributed by atoms with Crippen LogP contribution in [0.5, 0.6) is 0 Å². The Morgan fingerprint density at radius 2 is 1.84 bits per heavy atom. The van der Waals surface area contributed by atoms with E-state index in [1.165, 1.54) is 7.11 Å². The number of carbonyl (C=O) groups excluding carboxylic acids is 1. The highest BCUT2D eigenvalue weighted by atomic mass is 16.5. The number of carbonyl (C=O) groups is 1. The molecule has 3 nitrogen and oxygen atoms in total. The fourth-order valence-electron chi connectivity index (χ4n) is 2.35. The van der Waals surface area contributed by atoms with E-state index in [2.05, 4.69) is 19.2 Å². The van der Waals surface area contributed by atoms with Crippen LogP contribution < -0.4 is 5.32 Å². The monoisotopic (exact) mass is 263 g/mol. The van der Waals surface area contributed by atoms with Crippen LogP contribution in [0.3, 0.4) is 0 Å². The molecule has 0 aliphatic heterocycles. The minimum absolute atomic E-state index is 0.0938. The summed E-state index contributed by atoms with van der Waals surface area (Å²) in [4.78, 5) is 12.4. The minimum Gasteiger partial charge on any atom is -0.467 e.